The summed E-state index contributed by atoms with van der Waals surface area (Å²) < 4.78 is 34.7. The number of hydrogen-bond acceptors (Lipinski definition) is 6. The first kappa shape index (κ1) is 16.5. The van der Waals surface area contributed by atoms with Gasteiger partial charge in [0.25, 0.3) is 0 Å². The van der Waals surface area contributed by atoms with Crippen LogP contribution in [0.15, 0.2) is 53.8 Å². The number of halogens is 2. The summed E-state index contributed by atoms with van der Waals surface area (Å²) in [6, 6.07) is 11.6. The van der Waals surface area contributed by atoms with Gasteiger partial charge in [0.1, 0.15) is 11.4 Å². The van der Waals surface area contributed by atoms with Gasteiger partial charge in [-0.2, -0.15) is 0 Å². The molecule has 0 saturated carbocycles. The third-order valence-electron chi connectivity index (χ3n) is 3.53. The molecule has 26 heavy (non-hydrogen) atoms. The second-order valence-electron chi connectivity index (χ2n) is 5.36. The minimum absolute atomic E-state index is 0.0742. The number of rotatable bonds is 4. The van der Waals surface area contributed by atoms with Crippen LogP contribution in [-0.2, 0) is 4.79 Å². The summed E-state index contributed by atoms with van der Waals surface area (Å²) >= 11 is 1.26. The molecule has 9 heteroatoms. The third kappa shape index (κ3) is 3.38. The number of anilines is 1. The Bertz CT molecular complexity index is 995. The molecule has 1 aliphatic rings. The molecule has 0 fully saturated rings. The predicted octanol–water partition coefficient (Wildman–Crippen LogP) is 3.68. The number of hydrogen-bond donors (Lipinski definition) is 1. The van der Waals surface area contributed by atoms with Crippen LogP contribution >= 0.6 is 11.8 Å². The molecular weight excluding hydrogens is 364 g/mol. The molecule has 0 atom stereocenters. The number of alkyl halides is 2. The molecule has 3 aromatic rings. The Morgan fingerprint density at radius 1 is 1.12 bits per heavy atom. The van der Waals surface area contributed by atoms with E-state index in [1.807, 2.05) is 24.3 Å². The number of aromatic nitrogens is 2. The van der Waals surface area contributed by atoms with Crippen molar-refractivity contribution in [3.05, 3.63) is 48.8 Å². The van der Waals surface area contributed by atoms with E-state index in [9.17, 15) is 13.6 Å². The number of ether oxygens (including phenoxy) is 2. The largest absolute Gasteiger partial charge is 0.586 e. The van der Waals surface area contributed by atoms with Crippen molar-refractivity contribution in [3.63, 3.8) is 0 Å². The molecule has 4 rings (SSSR count). The van der Waals surface area contributed by atoms with Crippen LogP contribution in [0, 0.1) is 0 Å². The number of amides is 1. The molecular formula is C17H11F2N3O3S. The van der Waals surface area contributed by atoms with Gasteiger partial charge in [0.05, 0.1) is 11.3 Å². The van der Waals surface area contributed by atoms with E-state index < -0.39 is 6.29 Å². The lowest BCUT2D eigenvalue weighted by atomic mass is 10.2. The van der Waals surface area contributed by atoms with Crippen LogP contribution in [-0.4, -0.2) is 27.9 Å². The number of para-hydroxylation sites is 1. The fourth-order valence-electron chi connectivity index (χ4n) is 2.45. The van der Waals surface area contributed by atoms with Crippen LogP contribution in [0.2, 0.25) is 0 Å². The number of fused-ring (bicyclic) bond motifs is 2. The number of carbonyl (C=O) groups is 1. The fraction of sp³-hybridized carbons (Fsp3) is 0.118. The molecule has 0 unspecified atom stereocenters. The van der Waals surface area contributed by atoms with Gasteiger partial charge in [-0.05, 0) is 18.2 Å². The first-order valence-electron chi connectivity index (χ1n) is 7.52. The topological polar surface area (TPSA) is 73.3 Å². The molecule has 0 spiro atoms. The Morgan fingerprint density at radius 3 is 2.81 bits per heavy atom. The van der Waals surface area contributed by atoms with Crippen molar-refractivity contribution in [2.24, 2.45) is 0 Å². The first-order chi connectivity index (χ1) is 12.5. The fourth-order valence-corrected chi connectivity index (χ4v) is 3.24. The van der Waals surface area contributed by atoms with E-state index in [0.717, 1.165) is 10.9 Å². The quantitative estimate of drug-likeness (QED) is 0.554. The predicted molar refractivity (Wildman–Crippen MR) is 91.5 cm³/mol. The number of benzene rings is 2. The summed E-state index contributed by atoms with van der Waals surface area (Å²) in [6.45, 7) is 0. The van der Waals surface area contributed by atoms with E-state index in [0.29, 0.717) is 10.7 Å². The van der Waals surface area contributed by atoms with Gasteiger partial charge in [-0.3, -0.25) is 4.79 Å². The van der Waals surface area contributed by atoms with E-state index in [-0.39, 0.29) is 23.2 Å². The van der Waals surface area contributed by atoms with Crippen molar-refractivity contribution in [2.75, 3.05) is 11.1 Å². The maximum atomic E-state index is 13.0. The average Bonchev–Trinajstić information content (AvgIpc) is 2.93. The molecule has 0 aliphatic carbocycles. The zero-order valence-electron chi connectivity index (χ0n) is 13.1. The minimum atomic E-state index is -3.69. The number of nitrogens with zero attached hydrogens (tertiary/aromatic N) is 2. The van der Waals surface area contributed by atoms with Crippen LogP contribution in [0.1, 0.15) is 0 Å². The summed E-state index contributed by atoms with van der Waals surface area (Å²) in [5.74, 6) is -0.397. The summed E-state index contributed by atoms with van der Waals surface area (Å²) in [6.07, 6.45) is -2.24. The normalized spacial score (nSPS) is 14.4. The maximum Gasteiger partial charge on any atom is 0.586 e. The Hall–Kier alpha value is -2.94. The SMILES string of the molecule is O=C(CSc1ncnc2ccccc12)Nc1ccc2c(c1)OC(F)(F)O2. The Balaban J connectivity index is 1.42. The van der Waals surface area contributed by atoms with Gasteiger partial charge in [0.15, 0.2) is 11.5 Å². The molecule has 1 N–H and O–H groups in total. The van der Waals surface area contributed by atoms with Crippen LogP contribution in [0.25, 0.3) is 10.9 Å². The first-order valence-corrected chi connectivity index (χ1v) is 8.51. The molecule has 1 amide bonds. The van der Waals surface area contributed by atoms with Crippen LogP contribution in [0.4, 0.5) is 14.5 Å². The zero-order valence-corrected chi connectivity index (χ0v) is 13.9. The summed E-state index contributed by atoms with van der Waals surface area (Å²) in [7, 11) is 0. The van der Waals surface area contributed by atoms with Crippen LogP contribution in [0.5, 0.6) is 11.5 Å². The highest BCUT2D eigenvalue weighted by Gasteiger charge is 2.43. The molecule has 0 bridgehead atoms. The monoisotopic (exact) mass is 375 g/mol. The second kappa shape index (κ2) is 6.41. The van der Waals surface area contributed by atoms with Crippen LogP contribution in [0.3, 0.4) is 0 Å². The molecule has 0 saturated heterocycles. The summed E-state index contributed by atoms with van der Waals surface area (Å²) in [4.78, 5) is 20.5. The average molecular weight is 375 g/mol. The molecule has 2 heterocycles. The van der Waals surface area contributed by atoms with E-state index >= 15 is 0 Å². The molecule has 2 aromatic carbocycles. The van der Waals surface area contributed by atoms with Crippen molar-refractivity contribution >= 4 is 34.3 Å². The van der Waals surface area contributed by atoms with Crippen LogP contribution < -0.4 is 14.8 Å². The van der Waals surface area contributed by atoms with Crippen molar-refractivity contribution in [3.8, 4) is 11.5 Å². The van der Waals surface area contributed by atoms with Crippen molar-refractivity contribution in [1.82, 2.24) is 9.97 Å². The molecule has 1 aromatic heterocycles. The lowest BCUT2D eigenvalue weighted by molar-refractivity contribution is -0.286. The van der Waals surface area contributed by atoms with Gasteiger partial charge in [-0.1, -0.05) is 30.0 Å². The number of nitrogens with one attached hydrogen (secondary N) is 1. The minimum Gasteiger partial charge on any atom is -0.395 e. The smallest absolute Gasteiger partial charge is 0.395 e. The number of thioether (sulfide) groups is 1. The number of carbonyl (C=O) groups excluding carboxylic acids is 1. The van der Waals surface area contributed by atoms with Gasteiger partial charge in [0, 0.05) is 17.1 Å². The molecule has 6 nitrogen and oxygen atoms in total. The molecule has 132 valence electrons. The van der Waals surface area contributed by atoms with Gasteiger partial charge in [0.2, 0.25) is 5.91 Å². The standard InChI is InChI=1S/C17H11F2N3O3S/c18-17(19)24-13-6-5-10(7-14(13)25-17)22-15(23)8-26-16-11-3-1-2-4-12(11)20-9-21-16/h1-7,9H,8H2,(H,22,23). The molecule has 0 radical (unpaired) electrons. The van der Waals surface area contributed by atoms with Crippen molar-refractivity contribution in [2.45, 2.75) is 11.3 Å². The van der Waals surface area contributed by atoms with Gasteiger partial charge < -0.3 is 14.8 Å². The van der Waals surface area contributed by atoms with Gasteiger partial charge >= 0.3 is 6.29 Å². The van der Waals surface area contributed by atoms with Crippen molar-refractivity contribution in [1.29, 1.82) is 0 Å². The van der Waals surface area contributed by atoms with Gasteiger partial charge in [-0.15, -0.1) is 8.78 Å². The third-order valence-corrected chi connectivity index (χ3v) is 4.54. The van der Waals surface area contributed by atoms with E-state index in [2.05, 4.69) is 24.8 Å². The van der Waals surface area contributed by atoms with E-state index in [4.69, 9.17) is 0 Å². The second-order valence-corrected chi connectivity index (χ2v) is 6.33. The summed E-state index contributed by atoms with van der Waals surface area (Å²) in [5, 5.41) is 4.18. The highest BCUT2D eigenvalue weighted by Crippen LogP contribution is 2.42. The lowest BCUT2D eigenvalue weighted by Gasteiger charge is -2.07. The lowest BCUT2D eigenvalue weighted by Crippen LogP contribution is -2.25. The Labute approximate surface area is 150 Å². The zero-order chi connectivity index (χ0) is 18.1. The molecule has 1 aliphatic heterocycles. The van der Waals surface area contributed by atoms with E-state index in [1.54, 1.807) is 0 Å². The summed E-state index contributed by atoms with van der Waals surface area (Å²) in [5.41, 5.74) is 1.13. The van der Waals surface area contributed by atoms with E-state index in [1.165, 1.54) is 36.3 Å². The highest BCUT2D eigenvalue weighted by molar-refractivity contribution is 8.00. The Morgan fingerprint density at radius 2 is 1.92 bits per heavy atom. The highest BCUT2D eigenvalue weighted by atomic mass is 32.2. The Kier molecular flexibility index (Phi) is 4.08. The van der Waals surface area contributed by atoms with Gasteiger partial charge in [-0.25, -0.2) is 9.97 Å². The van der Waals surface area contributed by atoms with Crippen molar-refractivity contribution < 1.29 is 23.0 Å². The maximum absolute atomic E-state index is 13.0.